The molecule has 0 radical (unpaired) electrons. The van der Waals surface area contributed by atoms with Gasteiger partial charge in [-0.3, -0.25) is 0 Å². The van der Waals surface area contributed by atoms with Gasteiger partial charge in [-0.05, 0) is 65.5 Å². The highest BCUT2D eigenvalue weighted by molar-refractivity contribution is 6.87. The second-order valence-electron chi connectivity index (χ2n) is 8.79. The summed E-state index contributed by atoms with van der Waals surface area (Å²) < 4.78 is 11.0. The van der Waals surface area contributed by atoms with Crippen molar-refractivity contribution in [2.75, 3.05) is 34.8 Å². The smallest absolute Gasteiger partial charge is 0.238 e. The lowest BCUT2D eigenvalue weighted by atomic mass is 10.1. The van der Waals surface area contributed by atoms with Gasteiger partial charge in [-0.15, -0.1) is 0 Å². The first kappa shape index (κ1) is 24.6. The zero-order valence-electron chi connectivity index (χ0n) is 19.1. The van der Waals surface area contributed by atoms with E-state index in [1.165, 1.54) is 55.8 Å². The first-order chi connectivity index (χ1) is 12.8. The molecule has 27 heavy (non-hydrogen) atoms. The van der Waals surface area contributed by atoms with Crippen LogP contribution in [0.5, 0.6) is 0 Å². The van der Waals surface area contributed by atoms with Crippen molar-refractivity contribution >= 4 is 21.9 Å². The number of nitrogens with zero attached hydrogens (tertiary/aromatic N) is 2. The van der Waals surface area contributed by atoms with Crippen LogP contribution in [0.25, 0.3) is 0 Å². The zero-order chi connectivity index (χ0) is 20.3. The minimum atomic E-state index is -1.78. The van der Waals surface area contributed by atoms with Crippen LogP contribution >= 0.6 is 0 Å². The van der Waals surface area contributed by atoms with E-state index in [0.717, 1.165) is 6.61 Å². The molecule has 5 heteroatoms. The van der Waals surface area contributed by atoms with Gasteiger partial charge in [0.05, 0.1) is 0 Å². The van der Waals surface area contributed by atoms with Crippen LogP contribution in [0.15, 0.2) is 30.3 Å². The SMILES string of the molecule is CCO[Si](C)(C)CCCCCCCC[Si](c1ccccc1)(N(C)C)N(C)C. The van der Waals surface area contributed by atoms with Gasteiger partial charge in [-0.2, -0.15) is 0 Å². The summed E-state index contributed by atoms with van der Waals surface area (Å²) in [4.78, 5) is 0. The quantitative estimate of drug-likeness (QED) is 0.317. The molecule has 0 aliphatic rings. The van der Waals surface area contributed by atoms with Crippen LogP contribution in [-0.4, -0.2) is 60.6 Å². The van der Waals surface area contributed by atoms with E-state index >= 15 is 0 Å². The average molecular weight is 409 g/mol. The van der Waals surface area contributed by atoms with Crippen LogP contribution < -0.4 is 5.19 Å². The Morgan fingerprint density at radius 3 is 1.70 bits per heavy atom. The molecule has 0 fully saturated rings. The van der Waals surface area contributed by atoms with E-state index in [2.05, 4.69) is 87.7 Å². The van der Waals surface area contributed by atoms with Gasteiger partial charge in [0.1, 0.15) is 0 Å². The van der Waals surface area contributed by atoms with Gasteiger partial charge in [0.2, 0.25) is 8.40 Å². The van der Waals surface area contributed by atoms with E-state index in [1.54, 1.807) is 0 Å². The molecule has 0 saturated heterocycles. The largest absolute Gasteiger partial charge is 0.418 e. The Hall–Kier alpha value is -0.466. The third-order valence-electron chi connectivity index (χ3n) is 5.81. The lowest BCUT2D eigenvalue weighted by Gasteiger charge is -2.43. The van der Waals surface area contributed by atoms with Crippen molar-refractivity contribution in [3.63, 3.8) is 0 Å². The van der Waals surface area contributed by atoms with E-state index < -0.39 is 16.7 Å². The molecule has 0 atom stereocenters. The van der Waals surface area contributed by atoms with Gasteiger partial charge >= 0.3 is 0 Å². The number of hydrogen-bond acceptors (Lipinski definition) is 3. The van der Waals surface area contributed by atoms with Gasteiger partial charge < -0.3 is 13.6 Å². The van der Waals surface area contributed by atoms with Crippen LogP contribution in [0.4, 0.5) is 0 Å². The molecular weight excluding hydrogens is 364 g/mol. The Labute approximate surface area is 171 Å². The molecule has 3 nitrogen and oxygen atoms in total. The van der Waals surface area contributed by atoms with E-state index in [-0.39, 0.29) is 0 Å². The summed E-state index contributed by atoms with van der Waals surface area (Å²) in [6.45, 7) is 7.71. The van der Waals surface area contributed by atoms with Crippen molar-refractivity contribution in [1.29, 1.82) is 0 Å². The minimum Gasteiger partial charge on any atom is -0.418 e. The molecule has 0 aliphatic carbocycles. The molecule has 0 heterocycles. The molecule has 0 saturated carbocycles. The summed E-state index contributed by atoms with van der Waals surface area (Å²) in [7, 11) is 5.92. The summed E-state index contributed by atoms with van der Waals surface area (Å²) in [5, 5.41) is 1.53. The van der Waals surface area contributed by atoms with Crippen molar-refractivity contribution < 1.29 is 4.43 Å². The van der Waals surface area contributed by atoms with Crippen molar-refractivity contribution in [3.8, 4) is 0 Å². The van der Waals surface area contributed by atoms with Gasteiger partial charge in [0.15, 0.2) is 8.32 Å². The van der Waals surface area contributed by atoms with Crippen molar-refractivity contribution in [2.24, 2.45) is 0 Å². The van der Waals surface area contributed by atoms with Gasteiger partial charge in [-0.1, -0.05) is 68.9 Å². The number of benzene rings is 1. The maximum absolute atomic E-state index is 5.93. The van der Waals surface area contributed by atoms with Gasteiger partial charge in [-0.25, -0.2) is 0 Å². The third kappa shape index (κ3) is 7.82. The maximum Gasteiger partial charge on any atom is 0.238 e. The fourth-order valence-corrected chi connectivity index (χ4v) is 10.8. The predicted octanol–water partition coefficient (Wildman–Crippen LogP) is 5.04. The summed E-state index contributed by atoms with van der Waals surface area (Å²) in [6.07, 6.45) is 8.15. The first-order valence-electron chi connectivity index (χ1n) is 10.8. The van der Waals surface area contributed by atoms with Crippen LogP contribution in [0, 0.1) is 0 Å². The van der Waals surface area contributed by atoms with E-state index in [0.29, 0.717) is 0 Å². The van der Waals surface area contributed by atoms with Crippen LogP contribution in [-0.2, 0) is 4.43 Å². The molecule has 1 aromatic carbocycles. The third-order valence-corrected chi connectivity index (χ3v) is 13.7. The Kier molecular flexibility index (Phi) is 11.1. The van der Waals surface area contributed by atoms with Crippen LogP contribution in [0.1, 0.15) is 45.4 Å². The molecule has 0 bridgehead atoms. The second-order valence-corrected chi connectivity index (χ2v) is 17.6. The Morgan fingerprint density at radius 1 is 0.741 bits per heavy atom. The van der Waals surface area contributed by atoms with Gasteiger partial charge in [0, 0.05) is 6.61 Å². The summed E-state index contributed by atoms with van der Waals surface area (Å²) >= 11 is 0. The molecule has 0 spiro atoms. The minimum absolute atomic E-state index is 0.879. The highest BCUT2D eigenvalue weighted by atomic mass is 28.4. The topological polar surface area (TPSA) is 15.7 Å². The summed E-state index contributed by atoms with van der Waals surface area (Å²) in [5.74, 6) is 0. The molecule has 0 aromatic heterocycles. The van der Waals surface area contributed by atoms with Gasteiger partial charge in [0.25, 0.3) is 0 Å². The lowest BCUT2D eigenvalue weighted by Crippen LogP contribution is -2.68. The molecule has 156 valence electrons. The molecule has 0 aliphatic heterocycles. The predicted molar refractivity (Wildman–Crippen MR) is 126 cm³/mol. The summed E-state index contributed by atoms with van der Waals surface area (Å²) in [5.41, 5.74) is 0. The molecule has 1 aromatic rings. The number of unbranched alkanes of at least 4 members (excludes halogenated alkanes) is 5. The van der Waals surface area contributed by atoms with E-state index in [1.807, 2.05) is 0 Å². The Bertz CT molecular complexity index is 498. The molecule has 0 N–H and O–H groups in total. The first-order valence-corrected chi connectivity index (χ1v) is 16.0. The normalized spacial score (nSPS) is 12.9. The van der Waals surface area contributed by atoms with E-state index in [4.69, 9.17) is 4.43 Å². The van der Waals surface area contributed by atoms with Crippen molar-refractivity contribution in [2.45, 2.75) is 70.6 Å². The highest BCUT2D eigenvalue weighted by Gasteiger charge is 2.40. The molecule has 0 amide bonds. The van der Waals surface area contributed by atoms with Crippen molar-refractivity contribution in [1.82, 2.24) is 9.13 Å². The Balaban J connectivity index is 2.41. The lowest BCUT2D eigenvalue weighted by molar-refractivity contribution is 0.327. The van der Waals surface area contributed by atoms with E-state index in [9.17, 15) is 0 Å². The summed E-state index contributed by atoms with van der Waals surface area (Å²) in [6, 6.07) is 13.8. The zero-order valence-corrected chi connectivity index (χ0v) is 21.1. The maximum atomic E-state index is 5.93. The molecule has 1 rings (SSSR count). The van der Waals surface area contributed by atoms with Crippen molar-refractivity contribution in [3.05, 3.63) is 30.3 Å². The highest BCUT2D eigenvalue weighted by Crippen LogP contribution is 2.21. The monoisotopic (exact) mass is 408 g/mol. The molecule has 0 unspecified atom stereocenters. The second kappa shape index (κ2) is 12.2. The van der Waals surface area contributed by atoms with Crippen LogP contribution in [0.2, 0.25) is 25.2 Å². The fourth-order valence-electron chi connectivity index (χ4n) is 4.31. The van der Waals surface area contributed by atoms with Crippen LogP contribution in [0.3, 0.4) is 0 Å². The average Bonchev–Trinajstić information content (AvgIpc) is 2.60. The standard InChI is InChI=1S/C22H44N2OSi2/c1-8-25-26(6,7)20-16-11-9-10-12-17-21-27(23(2)3,24(4)5)22-18-14-13-15-19-22/h13-15,18-19H,8-12,16-17,20-21H2,1-7H3. The fraction of sp³-hybridized carbons (Fsp3) is 0.727. The number of hydrogen-bond donors (Lipinski definition) is 0. The Morgan fingerprint density at radius 2 is 1.22 bits per heavy atom. The molecular formula is C22H44N2OSi2. The number of rotatable bonds is 14.